The minimum atomic E-state index is -0.649. The topological polar surface area (TPSA) is 117 Å². The SMILES string of the molecule is Cn1cnnc1SCc1cc([N+](=O)[O-])cc([N+](=O)[O-])c1. The maximum atomic E-state index is 10.8. The first-order chi connectivity index (χ1) is 9.47. The molecule has 0 saturated heterocycles. The lowest BCUT2D eigenvalue weighted by molar-refractivity contribution is -0.394. The van der Waals surface area contributed by atoms with Crippen LogP contribution in [0, 0.1) is 20.2 Å². The van der Waals surface area contributed by atoms with E-state index in [0.717, 1.165) is 6.07 Å². The van der Waals surface area contributed by atoms with Crippen molar-refractivity contribution in [2.75, 3.05) is 0 Å². The van der Waals surface area contributed by atoms with Crippen molar-refractivity contribution < 1.29 is 9.85 Å². The molecule has 0 spiro atoms. The van der Waals surface area contributed by atoms with E-state index in [1.54, 1.807) is 11.6 Å². The van der Waals surface area contributed by atoms with E-state index in [1.165, 1.54) is 30.2 Å². The van der Waals surface area contributed by atoms with Gasteiger partial charge in [0.2, 0.25) is 0 Å². The second-order valence-corrected chi connectivity index (χ2v) is 4.83. The Morgan fingerprint density at radius 2 is 1.80 bits per heavy atom. The summed E-state index contributed by atoms with van der Waals surface area (Å²) in [5, 5.41) is 29.7. The zero-order chi connectivity index (χ0) is 14.7. The molecule has 0 atom stereocenters. The normalized spacial score (nSPS) is 10.4. The number of benzene rings is 1. The summed E-state index contributed by atoms with van der Waals surface area (Å²) in [5.74, 6) is 0.328. The monoisotopic (exact) mass is 295 g/mol. The highest BCUT2D eigenvalue weighted by Crippen LogP contribution is 2.27. The van der Waals surface area contributed by atoms with Gasteiger partial charge in [-0.3, -0.25) is 20.2 Å². The van der Waals surface area contributed by atoms with Crippen LogP contribution in [0.5, 0.6) is 0 Å². The van der Waals surface area contributed by atoms with Crippen LogP contribution < -0.4 is 0 Å². The van der Waals surface area contributed by atoms with Gasteiger partial charge in [0.15, 0.2) is 5.16 Å². The van der Waals surface area contributed by atoms with Crippen LogP contribution in [0.4, 0.5) is 11.4 Å². The highest BCUT2D eigenvalue weighted by Gasteiger charge is 2.16. The van der Waals surface area contributed by atoms with Crippen LogP contribution in [0.15, 0.2) is 29.7 Å². The van der Waals surface area contributed by atoms with E-state index in [0.29, 0.717) is 16.5 Å². The number of nitro groups is 2. The van der Waals surface area contributed by atoms with Crippen LogP contribution in [0.25, 0.3) is 0 Å². The third kappa shape index (κ3) is 3.09. The van der Waals surface area contributed by atoms with Crippen LogP contribution in [-0.2, 0) is 12.8 Å². The lowest BCUT2D eigenvalue weighted by atomic mass is 10.2. The van der Waals surface area contributed by atoms with Gasteiger partial charge >= 0.3 is 0 Å². The predicted molar refractivity (Wildman–Crippen MR) is 70.3 cm³/mol. The number of aryl methyl sites for hydroxylation is 1. The van der Waals surface area contributed by atoms with Gasteiger partial charge in [-0.25, -0.2) is 0 Å². The molecule has 2 rings (SSSR count). The second-order valence-electron chi connectivity index (χ2n) is 3.88. The molecule has 104 valence electrons. The van der Waals surface area contributed by atoms with E-state index in [-0.39, 0.29) is 11.4 Å². The molecule has 2 aromatic rings. The summed E-state index contributed by atoms with van der Waals surface area (Å²) >= 11 is 1.29. The second kappa shape index (κ2) is 5.65. The quantitative estimate of drug-likeness (QED) is 0.469. The number of rotatable bonds is 5. The molecule has 0 bridgehead atoms. The van der Waals surface area contributed by atoms with Gasteiger partial charge in [0.25, 0.3) is 11.4 Å². The van der Waals surface area contributed by atoms with E-state index in [9.17, 15) is 20.2 Å². The zero-order valence-corrected chi connectivity index (χ0v) is 11.1. The Labute approximate surface area is 116 Å². The number of non-ortho nitro benzene ring substituents is 2. The first-order valence-electron chi connectivity index (χ1n) is 5.37. The largest absolute Gasteiger partial charge is 0.312 e. The maximum Gasteiger partial charge on any atom is 0.276 e. The highest BCUT2D eigenvalue weighted by molar-refractivity contribution is 7.98. The summed E-state index contributed by atoms with van der Waals surface area (Å²) in [5.41, 5.74) is -0.112. The average Bonchev–Trinajstić information content (AvgIpc) is 2.81. The summed E-state index contributed by atoms with van der Waals surface area (Å²) in [6.45, 7) is 0. The number of nitrogens with zero attached hydrogens (tertiary/aromatic N) is 5. The molecule has 1 heterocycles. The smallest absolute Gasteiger partial charge is 0.276 e. The lowest BCUT2D eigenvalue weighted by Crippen LogP contribution is -1.95. The lowest BCUT2D eigenvalue weighted by Gasteiger charge is -2.02. The molecule has 10 heteroatoms. The zero-order valence-electron chi connectivity index (χ0n) is 10.3. The summed E-state index contributed by atoms with van der Waals surface area (Å²) in [6.07, 6.45) is 1.53. The molecule has 0 radical (unpaired) electrons. The molecule has 0 N–H and O–H groups in total. The van der Waals surface area contributed by atoms with Gasteiger partial charge in [-0.15, -0.1) is 10.2 Å². The standard InChI is InChI=1S/C10H9N5O4S/c1-13-6-11-12-10(13)20-5-7-2-8(14(16)17)4-9(3-7)15(18)19/h2-4,6H,5H2,1H3. The van der Waals surface area contributed by atoms with E-state index in [2.05, 4.69) is 10.2 Å². The molecular weight excluding hydrogens is 286 g/mol. The van der Waals surface area contributed by atoms with E-state index in [1.807, 2.05) is 0 Å². The average molecular weight is 295 g/mol. The van der Waals surface area contributed by atoms with Crippen molar-refractivity contribution in [2.24, 2.45) is 7.05 Å². The molecule has 0 aliphatic carbocycles. The Morgan fingerprint density at radius 1 is 1.20 bits per heavy atom. The highest BCUT2D eigenvalue weighted by atomic mass is 32.2. The van der Waals surface area contributed by atoms with Gasteiger partial charge in [-0.2, -0.15) is 0 Å². The fourth-order valence-electron chi connectivity index (χ4n) is 1.50. The van der Waals surface area contributed by atoms with E-state index < -0.39 is 9.85 Å². The van der Waals surface area contributed by atoms with Crippen LogP contribution in [-0.4, -0.2) is 24.6 Å². The van der Waals surface area contributed by atoms with E-state index >= 15 is 0 Å². The minimum Gasteiger partial charge on any atom is -0.312 e. The van der Waals surface area contributed by atoms with Crippen LogP contribution in [0.1, 0.15) is 5.56 Å². The summed E-state index contributed by atoms with van der Waals surface area (Å²) in [6, 6.07) is 3.57. The summed E-state index contributed by atoms with van der Waals surface area (Å²) in [7, 11) is 1.76. The van der Waals surface area contributed by atoms with Crippen LogP contribution >= 0.6 is 11.8 Å². The predicted octanol–water partition coefficient (Wildman–Crippen LogP) is 1.92. The van der Waals surface area contributed by atoms with Crippen molar-refractivity contribution in [3.8, 4) is 0 Å². The third-order valence-electron chi connectivity index (χ3n) is 2.42. The fraction of sp³-hybridized carbons (Fsp3) is 0.200. The first kappa shape index (κ1) is 13.9. The number of aromatic nitrogens is 3. The molecule has 0 saturated carbocycles. The Hall–Kier alpha value is -2.49. The number of hydrogen-bond acceptors (Lipinski definition) is 7. The van der Waals surface area contributed by atoms with Crippen molar-refractivity contribution in [3.63, 3.8) is 0 Å². The van der Waals surface area contributed by atoms with Crippen molar-refractivity contribution in [3.05, 3.63) is 50.3 Å². The van der Waals surface area contributed by atoms with Gasteiger partial charge < -0.3 is 4.57 Å². The number of nitro benzene ring substituents is 2. The first-order valence-corrected chi connectivity index (χ1v) is 6.35. The molecule has 0 aliphatic heterocycles. The fourth-order valence-corrected chi connectivity index (χ4v) is 2.32. The Morgan fingerprint density at radius 3 is 2.25 bits per heavy atom. The van der Waals surface area contributed by atoms with E-state index in [4.69, 9.17) is 0 Å². The molecule has 1 aromatic carbocycles. The third-order valence-corrected chi connectivity index (χ3v) is 3.53. The number of hydrogen-bond donors (Lipinski definition) is 0. The van der Waals surface area contributed by atoms with Crippen LogP contribution in [0.3, 0.4) is 0 Å². The van der Waals surface area contributed by atoms with Crippen LogP contribution in [0.2, 0.25) is 0 Å². The molecule has 0 amide bonds. The Bertz CT molecular complexity index is 639. The van der Waals surface area contributed by atoms with Crippen molar-refractivity contribution >= 4 is 23.1 Å². The Kier molecular flexibility index (Phi) is 3.94. The molecular formula is C10H9N5O4S. The van der Waals surface area contributed by atoms with Gasteiger partial charge in [0, 0.05) is 24.9 Å². The molecule has 0 fully saturated rings. The Balaban J connectivity index is 2.24. The molecule has 20 heavy (non-hydrogen) atoms. The summed E-state index contributed by atoms with van der Waals surface area (Å²) < 4.78 is 1.69. The minimum absolute atomic E-state index is 0.298. The van der Waals surface area contributed by atoms with Gasteiger partial charge in [0.1, 0.15) is 6.33 Å². The van der Waals surface area contributed by atoms with Gasteiger partial charge in [0.05, 0.1) is 15.9 Å². The number of thioether (sulfide) groups is 1. The van der Waals surface area contributed by atoms with Crippen molar-refractivity contribution in [2.45, 2.75) is 10.9 Å². The molecule has 0 unspecified atom stereocenters. The molecule has 1 aromatic heterocycles. The van der Waals surface area contributed by atoms with Crippen molar-refractivity contribution in [1.82, 2.24) is 14.8 Å². The van der Waals surface area contributed by atoms with Gasteiger partial charge in [-0.05, 0) is 5.56 Å². The molecule has 9 nitrogen and oxygen atoms in total. The molecule has 0 aliphatic rings. The van der Waals surface area contributed by atoms with Gasteiger partial charge in [-0.1, -0.05) is 11.8 Å². The summed E-state index contributed by atoms with van der Waals surface area (Å²) in [4.78, 5) is 20.2. The maximum absolute atomic E-state index is 10.8. The van der Waals surface area contributed by atoms with Crippen molar-refractivity contribution in [1.29, 1.82) is 0 Å².